The van der Waals surface area contributed by atoms with E-state index in [1.165, 1.54) is 21.2 Å². The molecule has 1 N–H and O–H groups in total. The lowest BCUT2D eigenvalue weighted by atomic mass is 9.89. The molecule has 2 aliphatic rings. The molecule has 150 valence electrons. The largest absolute Gasteiger partial charge is 0.353 e. The van der Waals surface area contributed by atoms with Crippen LogP contribution in [0.1, 0.15) is 30.4 Å². The number of piperazine rings is 1. The SMILES string of the molecule is CC1CC(=O)Nc2c(CCN3CCN(c4nsc5ccccc45)CC3)cccc21. The van der Waals surface area contributed by atoms with Crippen LogP contribution >= 0.6 is 11.5 Å². The fourth-order valence-electron chi connectivity index (χ4n) is 4.53. The molecular weight excluding hydrogens is 380 g/mol. The third-order valence-corrected chi connectivity index (χ3v) is 7.01. The van der Waals surface area contributed by atoms with Crippen LogP contribution in [0, 0.1) is 0 Å². The minimum Gasteiger partial charge on any atom is -0.353 e. The van der Waals surface area contributed by atoms with Gasteiger partial charge < -0.3 is 10.2 Å². The number of fused-ring (bicyclic) bond motifs is 2. The average molecular weight is 407 g/mol. The molecule has 3 heterocycles. The summed E-state index contributed by atoms with van der Waals surface area (Å²) >= 11 is 1.59. The molecule has 1 amide bonds. The third kappa shape index (κ3) is 3.63. The number of nitrogens with zero attached hydrogens (tertiary/aromatic N) is 3. The predicted octanol–water partition coefficient (Wildman–Crippen LogP) is 4.11. The van der Waals surface area contributed by atoms with Crippen molar-refractivity contribution in [1.82, 2.24) is 9.27 Å². The third-order valence-electron chi connectivity index (χ3n) is 6.20. The van der Waals surface area contributed by atoms with Crippen LogP contribution in [0.2, 0.25) is 0 Å². The summed E-state index contributed by atoms with van der Waals surface area (Å²) in [5, 5.41) is 4.39. The molecule has 0 radical (unpaired) electrons. The molecule has 2 aromatic carbocycles. The Morgan fingerprint density at radius 3 is 2.79 bits per heavy atom. The number of aromatic nitrogens is 1. The van der Waals surface area contributed by atoms with Gasteiger partial charge in [0.05, 0.1) is 4.70 Å². The van der Waals surface area contributed by atoms with E-state index >= 15 is 0 Å². The first-order chi connectivity index (χ1) is 14.2. The molecule has 1 atom stereocenters. The minimum absolute atomic E-state index is 0.140. The molecule has 1 aromatic heterocycles. The summed E-state index contributed by atoms with van der Waals surface area (Å²) in [4.78, 5) is 16.9. The molecule has 1 saturated heterocycles. The number of benzene rings is 2. The zero-order valence-corrected chi connectivity index (χ0v) is 17.5. The van der Waals surface area contributed by atoms with Crippen LogP contribution in [0.5, 0.6) is 0 Å². The summed E-state index contributed by atoms with van der Waals surface area (Å²) in [5.41, 5.74) is 3.60. The number of para-hydroxylation sites is 1. The fraction of sp³-hybridized carbons (Fsp3) is 0.391. The second kappa shape index (κ2) is 7.76. The summed E-state index contributed by atoms with van der Waals surface area (Å²) < 4.78 is 5.97. The number of hydrogen-bond acceptors (Lipinski definition) is 5. The number of rotatable bonds is 4. The average Bonchev–Trinajstić information content (AvgIpc) is 3.17. The molecule has 1 fully saturated rings. The molecule has 6 heteroatoms. The number of carbonyl (C=O) groups is 1. The van der Waals surface area contributed by atoms with E-state index < -0.39 is 0 Å². The summed E-state index contributed by atoms with van der Waals surface area (Å²) in [6, 6.07) is 14.9. The Labute approximate surface area is 175 Å². The van der Waals surface area contributed by atoms with E-state index in [-0.39, 0.29) is 5.91 Å². The standard InChI is InChI=1S/C23H26N4OS/c1-16-15-21(28)24-22-17(5-4-7-18(16)22)9-10-26-11-13-27(14-12-26)23-19-6-2-3-8-20(19)29-25-23/h2-8,16H,9-15H2,1H3,(H,24,28). The van der Waals surface area contributed by atoms with Gasteiger partial charge in [-0.15, -0.1) is 0 Å². The van der Waals surface area contributed by atoms with E-state index in [1.54, 1.807) is 11.5 Å². The molecular formula is C23H26N4OS. The molecule has 0 spiro atoms. The highest BCUT2D eigenvalue weighted by Gasteiger charge is 2.24. The Balaban J connectivity index is 1.22. The highest BCUT2D eigenvalue weighted by atomic mass is 32.1. The first-order valence-electron chi connectivity index (χ1n) is 10.4. The number of nitrogens with one attached hydrogen (secondary N) is 1. The number of carbonyl (C=O) groups excluding carboxylic acids is 1. The quantitative estimate of drug-likeness (QED) is 0.708. The lowest BCUT2D eigenvalue weighted by Crippen LogP contribution is -2.47. The maximum atomic E-state index is 12.0. The molecule has 3 aromatic rings. The van der Waals surface area contributed by atoms with Crippen molar-refractivity contribution in [1.29, 1.82) is 0 Å². The van der Waals surface area contributed by atoms with Crippen LogP contribution < -0.4 is 10.2 Å². The van der Waals surface area contributed by atoms with Crippen LogP contribution in [0.25, 0.3) is 10.1 Å². The van der Waals surface area contributed by atoms with Crippen LogP contribution in [0.3, 0.4) is 0 Å². The summed E-state index contributed by atoms with van der Waals surface area (Å²) in [6.45, 7) is 7.27. The van der Waals surface area contributed by atoms with Crippen LogP contribution in [-0.4, -0.2) is 47.9 Å². The molecule has 0 aliphatic carbocycles. The van der Waals surface area contributed by atoms with Gasteiger partial charge in [-0.2, -0.15) is 4.37 Å². The zero-order valence-electron chi connectivity index (χ0n) is 16.7. The Morgan fingerprint density at radius 2 is 1.93 bits per heavy atom. The topological polar surface area (TPSA) is 48.5 Å². The van der Waals surface area contributed by atoms with Crippen LogP contribution in [-0.2, 0) is 11.2 Å². The Morgan fingerprint density at radius 1 is 1.10 bits per heavy atom. The molecule has 5 rings (SSSR count). The Hall–Kier alpha value is -2.44. The minimum atomic E-state index is 0.140. The van der Waals surface area contributed by atoms with Gasteiger partial charge in [-0.25, -0.2) is 0 Å². The van der Waals surface area contributed by atoms with Gasteiger partial charge in [-0.1, -0.05) is 37.3 Å². The van der Waals surface area contributed by atoms with Crippen molar-refractivity contribution in [3.63, 3.8) is 0 Å². The molecule has 0 bridgehead atoms. The fourth-order valence-corrected chi connectivity index (χ4v) is 5.33. The molecule has 2 aliphatic heterocycles. The molecule has 5 nitrogen and oxygen atoms in total. The molecule has 29 heavy (non-hydrogen) atoms. The maximum absolute atomic E-state index is 12.0. The first kappa shape index (κ1) is 18.6. The van der Waals surface area contributed by atoms with Crippen LogP contribution in [0.15, 0.2) is 42.5 Å². The van der Waals surface area contributed by atoms with Crippen molar-refractivity contribution in [2.75, 3.05) is 42.9 Å². The van der Waals surface area contributed by atoms with Gasteiger partial charge >= 0.3 is 0 Å². The lowest BCUT2D eigenvalue weighted by Gasteiger charge is -2.35. The highest BCUT2D eigenvalue weighted by molar-refractivity contribution is 7.13. The van der Waals surface area contributed by atoms with Gasteiger partial charge in [-0.05, 0) is 47.1 Å². The van der Waals surface area contributed by atoms with Crippen molar-refractivity contribution in [3.05, 3.63) is 53.6 Å². The Kier molecular flexibility index (Phi) is 4.97. The van der Waals surface area contributed by atoms with Crippen molar-refractivity contribution in [2.24, 2.45) is 0 Å². The lowest BCUT2D eigenvalue weighted by molar-refractivity contribution is -0.116. The summed E-state index contributed by atoms with van der Waals surface area (Å²) in [7, 11) is 0. The van der Waals surface area contributed by atoms with Gasteiger partial charge in [0.2, 0.25) is 5.91 Å². The van der Waals surface area contributed by atoms with Crippen molar-refractivity contribution >= 4 is 39.0 Å². The van der Waals surface area contributed by atoms with E-state index in [2.05, 4.69) is 64.5 Å². The number of anilines is 2. The molecule has 0 saturated carbocycles. The normalized spacial score (nSPS) is 20.0. The smallest absolute Gasteiger partial charge is 0.224 e. The van der Waals surface area contributed by atoms with Gasteiger partial charge in [0.25, 0.3) is 0 Å². The first-order valence-corrected chi connectivity index (χ1v) is 11.2. The van der Waals surface area contributed by atoms with E-state index in [0.29, 0.717) is 12.3 Å². The Bertz CT molecular complexity index is 1040. The van der Waals surface area contributed by atoms with Crippen LogP contribution in [0.4, 0.5) is 11.5 Å². The predicted molar refractivity (Wildman–Crippen MR) is 120 cm³/mol. The highest BCUT2D eigenvalue weighted by Crippen LogP contribution is 2.34. The van der Waals surface area contributed by atoms with Gasteiger partial charge in [0, 0.05) is 50.2 Å². The van der Waals surface area contributed by atoms with Gasteiger partial charge in [0.1, 0.15) is 5.82 Å². The summed E-state index contributed by atoms with van der Waals surface area (Å²) in [6.07, 6.45) is 1.56. The zero-order chi connectivity index (χ0) is 19.8. The van der Waals surface area contributed by atoms with Gasteiger partial charge in [-0.3, -0.25) is 9.69 Å². The number of amides is 1. The molecule has 1 unspecified atom stereocenters. The van der Waals surface area contributed by atoms with E-state index in [0.717, 1.165) is 50.6 Å². The maximum Gasteiger partial charge on any atom is 0.224 e. The van der Waals surface area contributed by atoms with E-state index in [4.69, 9.17) is 4.37 Å². The second-order valence-corrected chi connectivity index (χ2v) is 8.92. The summed E-state index contributed by atoms with van der Waals surface area (Å²) in [5.74, 6) is 1.58. The van der Waals surface area contributed by atoms with E-state index in [1.807, 2.05) is 0 Å². The van der Waals surface area contributed by atoms with Crippen molar-refractivity contribution in [2.45, 2.75) is 25.7 Å². The van der Waals surface area contributed by atoms with Crippen molar-refractivity contribution in [3.8, 4) is 0 Å². The van der Waals surface area contributed by atoms with Gasteiger partial charge in [0.15, 0.2) is 0 Å². The second-order valence-electron chi connectivity index (χ2n) is 8.12. The van der Waals surface area contributed by atoms with Crippen molar-refractivity contribution < 1.29 is 4.79 Å². The van der Waals surface area contributed by atoms with E-state index in [9.17, 15) is 4.79 Å². The number of hydrogen-bond donors (Lipinski definition) is 1. The monoisotopic (exact) mass is 406 g/mol.